The third kappa shape index (κ3) is 3.31. The number of hydrogen-bond acceptors (Lipinski definition) is 2. The van der Waals surface area contributed by atoms with Crippen LogP contribution < -0.4 is 11.1 Å². The van der Waals surface area contributed by atoms with Gasteiger partial charge in [0, 0.05) is 17.6 Å². The van der Waals surface area contributed by atoms with Gasteiger partial charge in [-0.3, -0.25) is 4.79 Å². The zero-order chi connectivity index (χ0) is 14.7. The number of rotatable bonds is 4. The number of nitrogens with two attached hydrogens (primary N) is 1. The molecule has 0 aliphatic heterocycles. The van der Waals surface area contributed by atoms with Crippen LogP contribution in [0.25, 0.3) is 11.1 Å². The second-order valence-corrected chi connectivity index (χ2v) is 5.88. The van der Waals surface area contributed by atoms with Gasteiger partial charge in [0.2, 0.25) is 5.91 Å². The van der Waals surface area contributed by atoms with E-state index in [1.54, 1.807) is 0 Å². The van der Waals surface area contributed by atoms with E-state index in [0.29, 0.717) is 6.42 Å². The van der Waals surface area contributed by atoms with Crippen molar-refractivity contribution in [1.29, 1.82) is 0 Å². The first-order chi connectivity index (χ1) is 10.1. The van der Waals surface area contributed by atoms with E-state index in [9.17, 15) is 4.79 Å². The van der Waals surface area contributed by atoms with Crippen molar-refractivity contribution < 1.29 is 4.79 Å². The minimum atomic E-state index is -0.270. The third-order valence-electron chi connectivity index (χ3n) is 4.14. The first kappa shape index (κ1) is 13.8. The van der Waals surface area contributed by atoms with Crippen LogP contribution in [0.4, 0.5) is 5.69 Å². The van der Waals surface area contributed by atoms with Gasteiger partial charge in [-0.25, -0.2) is 0 Å². The number of nitrogens with one attached hydrogen (secondary N) is 1. The molecule has 0 aromatic heterocycles. The van der Waals surface area contributed by atoms with Crippen molar-refractivity contribution in [2.24, 2.45) is 5.73 Å². The van der Waals surface area contributed by atoms with Gasteiger partial charge in [0.05, 0.1) is 0 Å². The molecule has 0 atom stereocenters. The van der Waals surface area contributed by atoms with E-state index in [1.165, 1.54) is 5.56 Å². The molecule has 21 heavy (non-hydrogen) atoms. The van der Waals surface area contributed by atoms with Crippen LogP contribution in [0.1, 0.15) is 25.7 Å². The van der Waals surface area contributed by atoms with Crippen molar-refractivity contribution >= 4 is 11.6 Å². The standard InChI is InChI=1S/C18H20N2O/c19-18(11-4-12-18)13-17(21)20-16-9-7-15(8-10-16)14-5-2-1-3-6-14/h1-3,5-10H,4,11-13,19H2,(H,20,21). The van der Waals surface area contributed by atoms with Crippen molar-refractivity contribution in [2.75, 3.05) is 5.32 Å². The van der Waals surface area contributed by atoms with Crippen LogP contribution in [0.5, 0.6) is 0 Å². The van der Waals surface area contributed by atoms with Crippen LogP contribution in [-0.2, 0) is 4.79 Å². The molecule has 1 fully saturated rings. The molecule has 3 N–H and O–H groups in total. The normalized spacial score (nSPS) is 16.0. The van der Waals surface area contributed by atoms with Gasteiger partial charge in [0.15, 0.2) is 0 Å². The van der Waals surface area contributed by atoms with E-state index in [2.05, 4.69) is 17.4 Å². The Balaban J connectivity index is 1.63. The summed E-state index contributed by atoms with van der Waals surface area (Å²) in [6.45, 7) is 0. The Morgan fingerprint density at radius 3 is 2.19 bits per heavy atom. The molecule has 3 heteroatoms. The Morgan fingerprint density at radius 2 is 1.62 bits per heavy atom. The Labute approximate surface area is 125 Å². The molecular weight excluding hydrogens is 260 g/mol. The topological polar surface area (TPSA) is 55.1 Å². The van der Waals surface area contributed by atoms with E-state index in [0.717, 1.165) is 30.5 Å². The van der Waals surface area contributed by atoms with Gasteiger partial charge in [-0.05, 0) is 42.5 Å². The van der Waals surface area contributed by atoms with Crippen molar-refractivity contribution in [3.8, 4) is 11.1 Å². The highest BCUT2D eigenvalue weighted by atomic mass is 16.1. The molecule has 1 aliphatic carbocycles. The van der Waals surface area contributed by atoms with Crippen molar-refractivity contribution in [3.63, 3.8) is 0 Å². The molecule has 0 radical (unpaired) electrons. The summed E-state index contributed by atoms with van der Waals surface area (Å²) < 4.78 is 0. The predicted octanol–water partition coefficient (Wildman–Crippen LogP) is 3.56. The highest BCUT2D eigenvalue weighted by Crippen LogP contribution is 2.32. The van der Waals surface area contributed by atoms with Gasteiger partial charge >= 0.3 is 0 Å². The van der Waals surface area contributed by atoms with Crippen molar-refractivity contribution in [1.82, 2.24) is 0 Å². The summed E-state index contributed by atoms with van der Waals surface area (Å²) in [5.74, 6) is 0.00432. The number of benzene rings is 2. The lowest BCUT2D eigenvalue weighted by molar-refractivity contribution is -0.118. The van der Waals surface area contributed by atoms with E-state index in [4.69, 9.17) is 5.73 Å². The van der Waals surface area contributed by atoms with Crippen LogP contribution in [-0.4, -0.2) is 11.4 Å². The largest absolute Gasteiger partial charge is 0.326 e. The summed E-state index contributed by atoms with van der Waals surface area (Å²) in [4.78, 5) is 12.0. The average Bonchev–Trinajstić information content (AvgIpc) is 2.47. The van der Waals surface area contributed by atoms with Gasteiger partial charge in [-0.1, -0.05) is 42.5 Å². The average molecular weight is 280 g/mol. The molecular formula is C18H20N2O. The minimum Gasteiger partial charge on any atom is -0.326 e. The molecule has 0 unspecified atom stereocenters. The third-order valence-corrected chi connectivity index (χ3v) is 4.14. The van der Waals surface area contributed by atoms with Crippen LogP contribution >= 0.6 is 0 Å². The molecule has 2 aromatic carbocycles. The SMILES string of the molecule is NC1(CC(=O)Nc2ccc(-c3ccccc3)cc2)CCC1. The van der Waals surface area contributed by atoms with Crippen molar-refractivity contribution in [3.05, 3.63) is 54.6 Å². The molecule has 0 heterocycles. The highest BCUT2D eigenvalue weighted by Gasteiger charge is 2.34. The van der Waals surface area contributed by atoms with Crippen molar-refractivity contribution in [2.45, 2.75) is 31.2 Å². The van der Waals surface area contributed by atoms with Crippen LogP contribution in [0, 0.1) is 0 Å². The van der Waals surface area contributed by atoms with Gasteiger partial charge in [-0.2, -0.15) is 0 Å². The molecule has 1 saturated carbocycles. The summed E-state index contributed by atoms with van der Waals surface area (Å²) in [6, 6.07) is 18.1. The molecule has 3 nitrogen and oxygen atoms in total. The van der Waals surface area contributed by atoms with Gasteiger partial charge in [0.1, 0.15) is 0 Å². The predicted molar refractivity (Wildman–Crippen MR) is 85.9 cm³/mol. The molecule has 0 bridgehead atoms. The molecule has 2 aromatic rings. The first-order valence-corrected chi connectivity index (χ1v) is 7.39. The quantitative estimate of drug-likeness (QED) is 0.899. The van der Waals surface area contributed by atoms with Gasteiger partial charge in [0.25, 0.3) is 0 Å². The molecule has 1 aliphatic rings. The number of anilines is 1. The Morgan fingerprint density at radius 1 is 1.00 bits per heavy atom. The zero-order valence-corrected chi connectivity index (χ0v) is 12.0. The Kier molecular flexibility index (Phi) is 3.76. The number of carbonyl (C=O) groups excluding carboxylic acids is 1. The fourth-order valence-electron chi connectivity index (χ4n) is 2.71. The Hall–Kier alpha value is -2.13. The van der Waals surface area contributed by atoms with E-state index < -0.39 is 0 Å². The summed E-state index contributed by atoms with van der Waals surface area (Å²) >= 11 is 0. The molecule has 0 spiro atoms. The molecule has 0 saturated heterocycles. The smallest absolute Gasteiger partial charge is 0.226 e. The lowest BCUT2D eigenvalue weighted by Gasteiger charge is -2.37. The lowest BCUT2D eigenvalue weighted by atomic mass is 9.75. The van der Waals surface area contributed by atoms with Gasteiger partial charge in [-0.15, -0.1) is 0 Å². The van der Waals surface area contributed by atoms with E-state index >= 15 is 0 Å². The lowest BCUT2D eigenvalue weighted by Crippen LogP contribution is -2.48. The first-order valence-electron chi connectivity index (χ1n) is 7.39. The van der Waals surface area contributed by atoms with Crippen LogP contribution in [0.15, 0.2) is 54.6 Å². The van der Waals surface area contributed by atoms with Crippen LogP contribution in [0.3, 0.4) is 0 Å². The second kappa shape index (κ2) is 5.70. The van der Waals surface area contributed by atoms with E-state index in [1.807, 2.05) is 42.5 Å². The summed E-state index contributed by atoms with van der Waals surface area (Å²) in [5, 5.41) is 2.93. The molecule has 3 rings (SSSR count). The number of carbonyl (C=O) groups is 1. The summed E-state index contributed by atoms with van der Waals surface area (Å²) in [6.07, 6.45) is 3.45. The number of hydrogen-bond donors (Lipinski definition) is 2. The van der Waals surface area contributed by atoms with Crippen LogP contribution in [0.2, 0.25) is 0 Å². The monoisotopic (exact) mass is 280 g/mol. The Bertz CT molecular complexity index is 615. The zero-order valence-electron chi connectivity index (χ0n) is 12.0. The fraction of sp³-hybridized carbons (Fsp3) is 0.278. The minimum absolute atomic E-state index is 0.00432. The maximum Gasteiger partial charge on any atom is 0.226 e. The second-order valence-electron chi connectivity index (χ2n) is 5.88. The molecule has 108 valence electrons. The fourth-order valence-corrected chi connectivity index (χ4v) is 2.71. The maximum atomic E-state index is 12.0. The highest BCUT2D eigenvalue weighted by molar-refractivity contribution is 5.91. The molecule has 1 amide bonds. The summed E-state index contributed by atoms with van der Waals surface area (Å²) in [5.41, 5.74) is 8.96. The summed E-state index contributed by atoms with van der Waals surface area (Å²) in [7, 11) is 0. The van der Waals surface area contributed by atoms with E-state index in [-0.39, 0.29) is 11.4 Å². The van der Waals surface area contributed by atoms with Gasteiger partial charge < -0.3 is 11.1 Å². The maximum absolute atomic E-state index is 12.0. The number of amides is 1.